The zero-order chi connectivity index (χ0) is 8.69. The van der Waals surface area contributed by atoms with Gasteiger partial charge in [-0.3, -0.25) is 4.79 Å². The number of carbonyl (C=O) groups is 1. The van der Waals surface area contributed by atoms with Gasteiger partial charge in [0.15, 0.2) is 0 Å². The lowest BCUT2D eigenvalue weighted by Crippen LogP contribution is -2.24. The highest BCUT2D eigenvalue weighted by Gasteiger charge is 1.96. The van der Waals surface area contributed by atoms with Crippen molar-refractivity contribution in [2.75, 3.05) is 12.3 Å². The van der Waals surface area contributed by atoms with E-state index in [1.807, 2.05) is 6.92 Å². The molecule has 0 spiro atoms. The Morgan fingerprint density at radius 3 is 2.82 bits per heavy atom. The van der Waals surface area contributed by atoms with Crippen LogP contribution in [0.5, 0.6) is 0 Å². The van der Waals surface area contributed by atoms with E-state index in [1.165, 1.54) is 0 Å². The van der Waals surface area contributed by atoms with E-state index in [9.17, 15) is 4.79 Å². The first-order valence-corrected chi connectivity index (χ1v) is 5.94. The van der Waals surface area contributed by atoms with Crippen LogP contribution in [-0.2, 0) is 24.8 Å². The van der Waals surface area contributed by atoms with E-state index in [-0.39, 0.29) is 5.91 Å². The Labute approximate surface area is 74.2 Å². The highest BCUT2D eigenvalue weighted by molar-refractivity contribution is 8.22. The molecular formula is C7H13NOS2. The van der Waals surface area contributed by atoms with E-state index in [0.29, 0.717) is 12.2 Å². The molecule has 0 aliphatic carbocycles. The lowest BCUT2D eigenvalue weighted by Gasteiger charge is -1.99. The van der Waals surface area contributed by atoms with Crippen LogP contribution in [0.3, 0.4) is 0 Å². The third-order valence-corrected chi connectivity index (χ3v) is 2.21. The van der Waals surface area contributed by atoms with Gasteiger partial charge in [-0.05, 0) is 17.6 Å². The predicted molar refractivity (Wildman–Crippen MR) is 52.5 cm³/mol. The zero-order valence-corrected chi connectivity index (χ0v) is 8.26. The molecule has 0 saturated heterocycles. The summed E-state index contributed by atoms with van der Waals surface area (Å²) >= 11 is 4.74. The van der Waals surface area contributed by atoms with Crippen LogP contribution in [0.2, 0.25) is 0 Å². The quantitative estimate of drug-likeness (QED) is 0.704. The van der Waals surface area contributed by atoms with E-state index in [1.54, 1.807) is 0 Å². The van der Waals surface area contributed by atoms with Gasteiger partial charge in [0.1, 0.15) is 0 Å². The molecule has 0 fully saturated rings. The minimum Gasteiger partial charge on any atom is -0.356 e. The lowest BCUT2D eigenvalue weighted by atomic mass is 10.4. The molecule has 64 valence electrons. The number of amides is 1. The number of nitrogens with one attached hydrogen (secondary N) is 1. The molecule has 11 heavy (non-hydrogen) atoms. The van der Waals surface area contributed by atoms with Gasteiger partial charge in [0.2, 0.25) is 5.91 Å². The van der Waals surface area contributed by atoms with Gasteiger partial charge < -0.3 is 5.32 Å². The maximum Gasteiger partial charge on any atom is 0.221 e. The molecule has 0 radical (unpaired) electrons. The van der Waals surface area contributed by atoms with Gasteiger partial charge in [-0.1, -0.05) is 6.92 Å². The Hall–Kier alpha value is -0.310. The average Bonchev–Trinajstić information content (AvgIpc) is 1.97. The third kappa shape index (κ3) is 7.59. The lowest BCUT2D eigenvalue weighted by molar-refractivity contribution is -0.120. The van der Waals surface area contributed by atoms with Gasteiger partial charge in [0.25, 0.3) is 0 Å². The van der Waals surface area contributed by atoms with E-state index in [0.717, 1.165) is 13.0 Å². The van der Waals surface area contributed by atoms with Crippen LogP contribution < -0.4 is 5.32 Å². The van der Waals surface area contributed by atoms with Crippen molar-refractivity contribution in [1.29, 1.82) is 0 Å². The van der Waals surface area contributed by atoms with Crippen LogP contribution >= 0.6 is 0 Å². The number of hydrogen-bond donors (Lipinski definition) is 1. The molecule has 4 heteroatoms. The van der Waals surface area contributed by atoms with Crippen LogP contribution in [0.25, 0.3) is 0 Å². The van der Waals surface area contributed by atoms with Gasteiger partial charge in [-0.15, -0.1) is 14.5 Å². The summed E-state index contributed by atoms with van der Waals surface area (Å²) in [5.41, 5.74) is 5.33. The summed E-state index contributed by atoms with van der Waals surface area (Å²) in [5.74, 6) is 0.671. The van der Waals surface area contributed by atoms with E-state index in [4.69, 9.17) is 16.9 Å². The molecule has 0 aromatic carbocycles. The number of hydrogen-bond acceptors (Lipinski definition) is 2. The third-order valence-electron chi connectivity index (χ3n) is 1.10. The highest BCUT2D eigenvalue weighted by atomic mass is 32.8. The van der Waals surface area contributed by atoms with Crippen LogP contribution in [0, 0.1) is 5.69 Å². The normalized spacial score (nSPS) is 9.09. The van der Waals surface area contributed by atoms with Gasteiger partial charge in [0, 0.05) is 18.7 Å². The molecule has 0 aliphatic heterocycles. The van der Waals surface area contributed by atoms with Crippen LogP contribution in [0.1, 0.15) is 19.8 Å². The van der Waals surface area contributed by atoms with Gasteiger partial charge in [-0.25, -0.2) is 0 Å². The van der Waals surface area contributed by atoms with Gasteiger partial charge in [0.05, 0.1) is 0 Å². The van der Waals surface area contributed by atoms with Crippen molar-refractivity contribution >= 4 is 26.0 Å². The Morgan fingerprint density at radius 1 is 1.73 bits per heavy atom. The molecule has 1 amide bonds. The summed E-state index contributed by atoms with van der Waals surface area (Å²) in [6, 6.07) is 0. The second kappa shape index (κ2) is 6.40. The summed E-state index contributed by atoms with van der Waals surface area (Å²) < 4.78 is 0. The second-order valence-corrected chi connectivity index (χ2v) is 4.64. The molecule has 0 rings (SSSR count). The predicted octanol–water partition coefficient (Wildman–Crippen LogP) is 0.572. The molecule has 0 aliphatic rings. The average molecular weight is 191 g/mol. The Morgan fingerprint density at radius 2 is 2.36 bits per heavy atom. The van der Waals surface area contributed by atoms with Crippen LogP contribution in [-0.4, -0.2) is 18.2 Å². The van der Waals surface area contributed by atoms with Crippen molar-refractivity contribution in [3.63, 3.8) is 0 Å². The molecular weight excluding hydrogens is 178 g/mol. The van der Waals surface area contributed by atoms with Crippen LogP contribution in [0.4, 0.5) is 0 Å². The minimum absolute atomic E-state index is 0.0552. The Balaban J connectivity index is 3.40. The molecule has 0 aromatic heterocycles. The molecule has 1 N–H and O–H groups in total. The summed E-state index contributed by atoms with van der Waals surface area (Å²) in [4.78, 5) is 10.9. The number of rotatable bonds is 4. The number of carbonyl (C=O) groups excluding carboxylic acids is 1. The first-order valence-electron chi connectivity index (χ1n) is 3.56. The largest absolute Gasteiger partial charge is 0.356 e. The van der Waals surface area contributed by atoms with E-state index in [2.05, 4.69) is 5.32 Å². The minimum atomic E-state index is -0.519. The molecule has 0 bridgehead atoms. The van der Waals surface area contributed by atoms with Crippen molar-refractivity contribution in [1.82, 2.24) is 5.32 Å². The van der Waals surface area contributed by atoms with E-state index >= 15 is 0 Å². The molecule has 2 nitrogen and oxygen atoms in total. The summed E-state index contributed by atoms with van der Waals surface area (Å²) in [7, 11) is -0.519. The summed E-state index contributed by atoms with van der Waals surface area (Å²) in [5, 5.41) is 2.75. The standard InChI is InChI=1S/C7H13NOS2/c1-3-5-8-7(9)4-6-11(2)10/h2H,3-6H2,1H3,(H,8,9). The first kappa shape index (κ1) is 10.7. The van der Waals surface area contributed by atoms with E-state index < -0.39 is 8.86 Å². The topological polar surface area (TPSA) is 29.1 Å². The second-order valence-electron chi connectivity index (χ2n) is 2.18. The molecule has 0 unspecified atom stereocenters. The molecule has 0 atom stereocenters. The Kier molecular flexibility index (Phi) is 6.22. The monoisotopic (exact) mass is 191 g/mol. The van der Waals surface area contributed by atoms with Crippen LogP contribution in [0.15, 0.2) is 0 Å². The smallest absolute Gasteiger partial charge is 0.221 e. The van der Waals surface area contributed by atoms with Gasteiger partial charge >= 0.3 is 0 Å². The zero-order valence-electron chi connectivity index (χ0n) is 6.63. The maximum atomic E-state index is 10.9. The fourth-order valence-corrected chi connectivity index (χ4v) is 1.18. The van der Waals surface area contributed by atoms with Gasteiger partial charge in [-0.2, -0.15) is 0 Å². The molecule has 0 saturated carbocycles. The fraction of sp³-hybridized carbons (Fsp3) is 0.714. The fourth-order valence-electron chi connectivity index (χ4n) is 0.546. The van der Waals surface area contributed by atoms with Crippen molar-refractivity contribution in [3.05, 3.63) is 0 Å². The SMILES string of the molecule is C#S(=S)CCC(=O)NCCC. The molecule has 0 heterocycles. The van der Waals surface area contributed by atoms with Crippen molar-refractivity contribution in [2.24, 2.45) is 0 Å². The van der Waals surface area contributed by atoms with Crippen molar-refractivity contribution in [2.45, 2.75) is 19.8 Å². The summed E-state index contributed by atoms with van der Waals surface area (Å²) in [6.45, 7) is 2.76. The van der Waals surface area contributed by atoms with Crippen molar-refractivity contribution < 1.29 is 4.79 Å². The summed E-state index contributed by atoms with van der Waals surface area (Å²) in [6.07, 6.45) is 1.43. The highest BCUT2D eigenvalue weighted by Crippen LogP contribution is 1.80. The van der Waals surface area contributed by atoms with Crippen molar-refractivity contribution in [3.8, 4) is 5.69 Å². The Bertz CT molecular complexity index is 230. The molecule has 0 aromatic rings. The first-order chi connectivity index (χ1) is 5.16. The maximum absolute atomic E-state index is 10.9.